The highest BCUT2D eigenvalue weighted by Gasteiger charge is 2.45. The van der Waals surface area contributed by atoms with E-state index in [1.165, 1.54) is 61.2 Å². The van der Waals surface area contributed by atoms with Gasteiger partial charge in [0.15, 0.2) is 0 Å². The van der Waals surface area contributed by atoms with Gasteiger partial charge in [0.25, 0.3) is 0 Å². The van der Waals surface area contributed by atoms with E-state index >= 15 is 0 Å². The van der Waals surface area contributed by atoms with Crippen molar-refractivity contribution in [3.05, 3.63) is 183 Å². The summed E-state index contributed by atoms with van der Waals surface area (Å²) >= 11 is 0. The number of hydrogen-bond acceptors (Lipinski definition) is 2. The van der Waals surface area contributed by atoms with E-state index in [0.29, 0.717) is 0 Å². The molecule has 0 unspecified atom stereocenters. The van der Waals surface area contributed by atoms with Crippen LogP contribution in [0.15, 0.2) is 121 Å². The number of methoxy groups -OCH3 is 1. The number of rotatable bonds is 7. The molecule has 0 N–H and O–H groups in total. The molecule has 1 aliphatic rings. The van der Waals surface area contributed by atoms with E-state index in [1.54, 1.807) is 7.11 Å². The predicted octanol–water partition coefficient (Wildman–Crippen LogP) is 11.7. The highest BCUT2D eigenvalue weighted by molar-refractivity contribution is 5.86. The Morgan fingerprint density at radius 1 is 0.500 bits per heavy atom. The Labute approximate surface area is 286 Å². The van der Waals surface area contributed by atoms with Crippen LogP contribution in [0.2, 0.25) is 0 Å². The summed E-state index contributed by atoms with van der Waals surface area (Å²) in [6.07, 6.45) is 0. The van der Waals surface area contributed by atoms with E-state index in [1.807, 2.05) is 0 Å². The first-order valence-corrected chi connectivity index (χ1v) is 16.9. The number of hydrogen-bond donors (Lipinski definition) is 0. The Bertz CT molecular complexity index is 2060. The predicted molar refractivity (Wildman–Crippen MR) is 199 cm³/mol. The van der Waals surface area contributed by atoms with Crippen LogP contribution in [0.1, 0.15) is 75.0 Å². The molecule has 0 aromatic heterocycles. The number of ether oxygens (including phenoxy) is 2. The normalized spacial score (nSPS) is 13.2. The third kappa shape index (κ3) is 4.94. The van der Waals surface area contributed by atoms with Gasteiger partial charge < -0.3 is 9.47 Å². The fourth-order valence-corrected chi connectivity index (χ4v) is 7.79. The fourth-order valence-electron chi connectivity index (χ4n) is 7.79. The zero-order valence-electron chi connectivity index (χ0n) is 29.4. The molecule has 2 nitrogen and oxygen atoms in total. The Kier molecular flexibility index (Phi) is 7.79. The number of benzene rings is 6. The summed E-state index contributed by atoms with van der Waals surface area (Å²) in [4.78, 5) is 0. The molecule has 1 aliphatic carbocycles. The average molecular weight is 629 g/mol. The van der Waals surface area contributed by atoms with E-state index in [2.05, 4.69) is 170 Å². The van der Waals surface area contributed by atoms with Crippen molar-refractivity contribution in [1.82, 2.24) is 0 Å². The molecule has 0 bridgehead atoms. The number of aryl methyl sites for hydroxylation is 4. The first-order chi connectivity index (χ1) is 23.0. The first-order valence-electron chi connectivity index (χ1n) is 16.9. The lowest BCUT2D eigenvalue weighted by molar-refractivity contribution is 0.414. The molecule has 0 saturated heterocycles. The van der Waals surface area contributed by atoms with Crippen molar-refractivity contribution in [3.63, 3.8) is 0 Å². The smallest absolute Gasteiger partial charge is 0.133 e. The molecule has 240 valence electrons. The molecule has 0 spiro atoms. The molecule has 0 aliphatic heterocycles. The lowest BCUT2D eigenvalue weighted by Crippen LogP contribution is -2.28. The van der Waals surface area contributed by atoms with Gasteiger partial charge in [-0.25, -0.2) is 0 Å². The summed E-state index contributed by atoms with van der Waals surface area (Å²) in [7, 11) is 1.72. The molecular weight excluding hydrogens is 585 g/mol. The second-order valence-electron chi connectivity index (χ2n) is 14.0. The van der Waals surface area contributed by atoms with Crippen LogP contribution in [0.4, 0.5) is 0 Å². The van der Waals surface area contributed by atoms with Crippen LogP contribution in [-0.2, 0) is 10.8 Å². The molecule has 0 atom stereocenters. The monoisotopic (exact) mass is 628 g/mol. The fraction of sp³-hybridized carbons (Fsp3) is 0.217. The maximum atomic E-state index is 6.68. The van der Waals surface area contributed by atoms with Crippen LogP contribution in [0.25, 0.3) is 11.1 Å². The molecule has 6 aromatic carbocycles. The third-order valence-corrected chi connectivity index (χ3v) is 10.8. The molecule has 0 radical (unpaired) electrons. The molecule has 0 fully saturated rings. The van der Waals surface area contributed by atoms with E-state index in [9.17, 15) is 0 Å². The molecule has 2 heteroatoms. The molecule has 0 heterocycles. The van der Waals surface area contributed by atoms with Gasteiger partial charge in [-0.1, -0.05) is 111 Å². The lowest BCUT2D eigenvalue weighted by atomic mass is 9.68. The van der Waals surface area contributed by atoms with Crippen molar-refractivity contribution in [1.29, 1.82) is 0 Å². The average Bonchev–Trinajstić information content (AvgIpc) is 3.40. The minimum absolute atomic E-state index is 0.136. The van der Waals surface area contributed by atoms with Crippen LogP contribution >= 0.6 is 0 Å². The third-order valence-electron chi connectivity index (χ3n) is 10.8. The van der Waals surface area contributed by atoms with Crippen molar-refractivity contribution >= 4 is 0 Å². The zero-order valence-corrected chi connectivity index (χ0v) is 29.4. The van der Waals surface area contributed by atoms with Gasteiger partial charge in [-0.3, -0.25) is 0 Å². The van der Waals surface area contributed by atoms with Crippen LogP contribution in [-0.4, -0.2) is 7.11 Å². The van der Waals surface area contributed by atoms with Gasteiger partial charge in [-0.05, 0) is 131 Å². The molecular formula is C46H44O2. The summed E-state index contributed by atoms with van der Waals surface area (Å²) in [6.45, 7) is 15.6. The Morgan fingerprint density at radius 2 is 0.917 bits per heavy atom. The maximum absolute atomic E-state index is 6.68. The summed E-state index contributed by atoms with van der Waals surface area (Å²) in [5, 5.41) is 0. The van der Waals surface area contributed by atoms with Gasteiger partial charge in [-0.2, -0.15) is 0 Å². The second-order valence-corrected chi connectivity index (χ2v) is 14.0. The van der Waals surface area contributed by atoms with E-state index in [-0.39, 0.29) is 5.41 Å². The Hall–Kier alpha value is -5.08. The number of fused-ring (bicyclic) bond motifs is 3. The highest BCUT2D eigenvalue weighted by atomic mass is 16.5. The van der Waals surface area contributed by atoms with Crippen molar-refractivity contribution in [2.75, 3.05) is 7.11 Å². The molecule has 7 rings (SSSR count). The van der Waals surface area contributed by atoms with Crippen molar-refractivity contribution in [3.8, 4) is 28.4 Å². The SMILES string of the molecule is COc1ccc(C2(c3ccc(Oc4c(C)cc(C(C)(C)c5cc(C)c(C)c(C)c5)cc4C)cc3)c3ccccc3-c3ccccc32)cc1. The van der Waals surface area contributed by atoms with Crippen molar-refractivity contribution < 1.29 is 9.47 Å². The van der Waals surface area contributed by atoms with Gasteiger partial charge in [-0.15, -0.1) is 0 Å². The van der Waals surface area contributed by atoms with Crippen LogP contribution < -0.4 is 9.47 Å². The maximum Gasteiger partial charge on any atom is 0.133 e. The van der Waals surface area contributed by atoms with Crippen molar-refractivity contribution in [2.24, 2.45) is 0 Å². The Balaban J connectivity index is 1.27. The van der Waals surface area contributed by atoms with Gasteiger partial charge in [0.1, 0.15) is 17.2 Å². The molecule has 0 amide bonds. The summed E-state index contributed by atoms with van der Waals surface area (Å²) in [6, 6.07) is 44.2. The van der Waals surface area contributed by atoms with Gasteiger partial charge in [0, 0.05) is 5.41 Å². The molecule has 48 heavy (non-hydrogen) atoms. The molecule has 6 aromatic rings. The standard InChI is InChI=1S/C46H44O2/c1-29-25-36(26-30(2)33(29)5)45(6,7)37-27-31(3)44(32(4)28-37)48-39-23-19-35(20-24-39)46(34-17-21-38(47-8)22-18-34)42-15-11-9-13-40(42)41-14-10-12-16-43(41)46/h9-28H,1-8H3. The van der Waals surface area contributed by atoms with Gasteiger partial charge in [0.2, 0.25) is 0 Å². The minimum atomic E-state index is -0.469. The van der Waals surface area contributed by atoms with E-state index in [4.69, 9.17) is 9.47 Å². The first kappa shape index (κ1) is 31.5. The topological polar surface area (TPSA) is 18.5 Å². The Morgan fingerprint density at radius 3 is 1.38 bits per heavy atom. The van der Waals surface area contributed by atoms with Crippen LogP contribution in [0.3, 0.4) is 0 Å². The van der Waals surface area contributed by atoms with E-state index < -0.39 is 5.41 Å². The van der Waals surface area contributed by atoms with Crippen LogP contribution in [0, 0.1) is 34.6 Å². The minimum Gasteiger partial charge on any atom is -0.497 e. The van der Waals surface area contributed by atoms with Gasteiger partial charge in [0.05, 0.1) is 12.5 Å². The second kappa shape index (κ2) is 11.9. The van der Waals surface area contributed by atoms with Gasteiger partial charge >= 0.3 is 0 Å². The van der Waals surface area contributed by atoms with Crippen LogP contribution in [0.5, 0.6) is 17.2 Å². The van der Waals surface area contributed by atoms with E-state index in [0.717, 1.165) is 28.4 Å². The largest absolute Gasteiger partial charge is 0.497 e. The molecule has 0 saturated carbocycles. The lowest BCUT2D eigenvalue weighted by Gasteiger charge is -2.34. The zero-order chi connectivity index (χ0) is 33.8. The van der Waals surface area contributed by atoms with Crippen molar-refractivity contribution in [2.45, 2.75) is 59.3 Å². The highest BCUT2D eigenvalue weighted by Crippen LogP contribution is 2.56. The summed E-state index contributed by atoms with van der Waals surface area (Å²) in [5.74, 6) is 2.59. The summed E-state index contributed by atoms with van der Waals surface area (Å²) in [5.41, 5.74) is 15.9. The quantitative estimate of drug-likeness (QED) is 0.175. The summed E-state index contributed by atoms with van der Waals surface area (Å²) < 4.78 is 12.2.